The van der Waals surface area contributed by atoms with E-state index in [9.17, 15) is 4.79 Å². The molecule has 110 valence electrons. The molecule has 3 aromatic rings. The maximum absolute atomic E-state index is 12.7. The predicted molar refractivity (Wildman–Crippen MR) is 84.9 cm³/mol. The van der Waals surface area contributed by atoms with Crippen LogP contribution in [0.3, 0.4) is 0 Å². The van der Waals surface area contributed by atoms with Crippen LogP contribution in [0.4, 0.5) is 0 Å². The van der Waals surface area contributed by atoms with Gasteiger partial charge in [-0.1, -0.05) is 6.92 Å². The molecule has 21 heavy (non-hydrogen) atoms. The van der Waals surface area contributed by atoms with Gasteiger partial charge in [0.05, 0.1) is 12.0 Å². The first-order valence-electron chi connectivity index (χ1n) is 7.05. The molecular weight excluding hydrogens is 284 g/mol. The van der Waals surface area contributed by atoms with E-state index < -0.39 is 0 Å². The zero-order chi connectivity index (χ0) is 15.0. The van der Waals surface area contributed by atoms with Crippen molar-refractivity contribution < 1.29 is 0 Å². The highest BCUT2D eigenvalue weighted by Gasteiger charge is 2.16. The summed E-state index contributed by atoms with van der Waals surface area (Å²) in [6.45, 7) is 4.07. The van der Waals surface area contributed by atoms with Crippen molar-refractivity contribution in [2.24, 2.45) is 7.05 Å². The molecule has 0 aromatic carbocycles. The summed E-state index contributed by atoms with van der Waals surface area (Å²) in [5.74, 6) is 0. The smallest absolute Gasteiger partial charge is 0.279 e. The fourth-order valence-corrected chi connectivity index (χ4v) is 3.32. The molecule has 0 radical (unpaired) electrons. The van der Waals surface area contributed by atoms with Crippen LogP contribution in [-0.2, 0) is 19.9 Å². The van der Waals surface area contributed by atoms with Crippen LogP contribution in [0.25, 0.3) is 11.0 Å². The summed E-state index contributed by atoms with van der Waals surface area (Å²) in [6, 6.07) is 2.17. The molecule has 0 bridgehead atoms. The number of rotatable bonds is 4. The van der Waals surface area contributed by atoms with Crippen LogP contribution in [0, 0.1) is 0 Å². The van der Waals surface area contributed by atoms with E-state index in [2.05, 4.69) is 26.9 Å². The molecule has 0 spiro atoms. The Hall–Kier alpha value is -1.95. The average Bonchev–Trinajstić information content (AvgIpc) is 3.07. The first-order valence-corrected chi connectivity index (χ1v) is 8.00. The van der Waals surface area contributed by atoms with E-state index in [0.29, 0.717) is 5.52 Å². The van der Waals surface area contributed by atoms with Crippen molar-refractivity contribution in [1.29, 1.82) is 0 Å². The lowest BCUT2D eigenvalue weighted by molar-refractivity contribution is 0.522. The third-order valence-corrected chi connectivity index (χ3v) is 4.49. The number of hydrogen-bond donors (Lipinski definition) is 0. The first kappa shape index (κ1) is 14.0. The second-order valence-electron chi connectivity index (χ2n) is 5.26. The number of aryl methyl sites for hydroxylation is 2. The number of aromatic nitrogens is 4. The number of nitrogens with zero attached hydrogens (tertiary/aromatic N) is 4. The van der Waals surface area contributed by atoms with Gasteiger partial charge in [-0.05, 0) is 42.2 Å². The molecule has 0 saturated heterocycles. The van der Waals surface area contributed by atoms with Gasteiger partial charge in [0.1, 0.15) is 5.52 Å². The van der Waals surface area contributed by atoms with Crippen LogP contribution in [0.2, 0.25) is 0 Å². The quantitative estimate of drug-likeness (QED) is 0.744. The van der Waals surface area contributed by atoms with Crippen molar-refractivity contribution >= 4 is 22.4 Å². The molecule has 0 aliphatic rings. The third-order valence-electron chi connectivity index (χ3n) is 3.76. The van der Waals surface area contributed by atoms with Crippen molar-refractivity contribution in [2.75, 3.05) is 0 Å². The summed E-state index contributed by atoms with van der Waals surface area (Å²) < 4.78 is 3.36. The molecule has 3 aromatic heterocycles. The van der Waals surface area contributed by atoms with E-state index >= 15 is 0 Å². The summed E-state index contributed by atoms with van der Waals surface area (Å²) >= 11 is 1.68. The molecule has 1 atom stereocenters. The van der Waals surface area contributed by atoms with Gasteiger partial charge in [-0.3, -0.25) is 14.0 Å². The van der Waals surface area contributed by atoms with E-state index in [4.69, 9.17) is 0 Å². The monoisotopic (exact) mass is 302 g/mol. The van der Waals surface area contributed by atoms with Crippen LogP contribution in [0.15, 0.2) is 27.9 Å². The largest absolute Gasteiger partial charge is 0.294 e. The van der Waals surface area contributed by atoms with Crippen molar-refractivity contribution in [3.05, 3.63) is 44.8 Å². The van der Waals surface area contributed by atoms with Gasteiger partial charge in [-0.25, -0.2) is 4.98 Å². The molecule has 0 N–H and O–H groups in total. The van der Waals surface area contributed by atoms with Gasteiger partial charge in [0, 0.05) is 13.1 Å². The van der Waals surface area contributed by atoms with Crippen LogP contribution >= 0.6 is 11.3 Å². The molecule has 5 nitrogen and oxygen atoms in total. The number of fused-ring (bicyclic) bond motifs is 1. The van der Waals surface area contributed by atoms with E-state index in [0.717, 1.165) is 24.1 Å². The highest BCUT2D eigenvalue weighted by Crippen LogP contribution is 2.17. The summed E-state index contributed by atoms with van der Waals surface area (Å²) in [6.07, 6.45) is 3.26. The molecule has 3 heterocycles. The van der Waals surface area contributed by atoms with Gasteiger partial charge in [0.25, 0.3) is 5.56 Å². The predicted octanol–water partition coefficient (Wildman–Crippen LogP) is 2.56. The Balaban J connectivity index is 2.06. The average molecular weight is 302 g/mol. The third kappa shape index (κ3) is 2.40. The van der Waals surface area contributed by atoms with Gasteiger partial charge >= 0.3 is 0 Å². The summed E-state index contributed by atoms with van der Waals surface area (Å²) in [5.41, 5.74) is 3.42. The normalized spacial score (nSPS) is 12.9. The lowest BCUT2D eigenvalue weighted by Crippen LogP contribution is -2.26. The molecule has 6 heteroatoms. The molecular formula is C15H18N4OS. The van der Waals surface area contributed by atoms with E-state index in [1.165, 1.54) is 5.56 Å². The number of thiophene rings is 1. The minimum Gasteiger partial charge on any atom is -0.294 e. The van der Waals surface area contributed by atoms with E-state index in [-0.39, 0.29) is 11.6 Å². The molecule has 0 unspecified atom stereocenters. The zero-order valence-electron chi connectivity index (χ0n) is 12.4. The molecule has 0 aliphatic heterocycles. The number of hydrogen-bond acceptors (Lipinski definition) is 4. The highest BCUT2D eigenvalue weighted by atomic mass is 32.1. The Morgan fingerprint density at radius 2 is 2.24 bits per heavy atom. The maximum atomic E-state index is 12.7. The Bertz CT molecular complexity index is 816. The Kier molecular flexibility index (Phi) is 3.63. The first-order chi connectivity index (χ1) is 10.1. The molecule has 0 amide bonds. The van der Waals surface area contributed by atoms with Gasteiger partial charge < -0.3 is 0 Å². The highest BCUT2D eigenvalue weighted by molar-refractivity contribution is 7.07. The molecule has 0 aliphatic carbocycles. The van der Waals surface area contributed by atoms with Crippen molar-refractivity contribution in [2.45, 2.75) is 32.7 Å². The standard InChI is InChI=1S/C15H18N4OS/c1-4-12-13-14(18(3)17-12)15(20)19(9-16-13)10(2)7-11-5-6-21-8-11/h5-6,8-10H,4,7H2,1-3H3/t10-/m1/s1. The van der Waals surface area contributed by atoms with Gasteiger partial charge in [-0.15, -0.1) is 0 Å². The minimum absolute atomic E-state index is 0.0163. The van der Waals surface area contributed by atoms with Crippen LogP contribution in [-0.4, -0.2) is 19.3 Å². The van der Waals surface area contributed by atoms with Crippen molar-refractivity contribution in [3.8, 4) is 0 Å². The SMILES string of the molecule is CCc1nn(C)c2c(=O)n([C@H](C)Cc3ccsc3)cnc12. The fraction of sp³-hybridized carbons (Fsp3) is 0.400. The van der Waals surface area contributed by atoms with E-state index in [1.807, 2.05) is 13.8 Å². The van der Waals surface area contributed by atoms with Gasteiger partial charge in [0.2, 0.25) is 0 Å². The van der Waals surface area contributed by atoms with Crippen LogP contribution < -0.4 is 5.56 Å². The minimum atomic E-state index is -0.0163. The lowest BCUT2D eigenvalue weighted by Gasteiger charge is -2.14. The Morgan fingerprint density at radius 1 is 1.43 bits per heavy atom. The fourth-order valence-electron chi connectivity index (χ4n) is 2.64. The van der Waals surface area contributed by atoms with Crippen molar-refractivity contribution in [1.82, 2.24) is 19.3 Å². The maximum Gasteiger partial charge on any atom is 0.279 e. The Labute approximate surface area is 126 Å². The van der Waals surface area contributed by atoms with Gasteiger partial charge in [0.15, 0.2) is 5.52 Å². The summed E-state index contributed by atoms with van der Waals surface area (Å²) in [4.78, 5) is 17.2. The lowest BCUT2D eigenvalue weighted by atomic mass is 10.1. The topological polar surface area (TPSA) is 52.7 Å². The van der Waals surface area contributed by atoms with Crippen LogP contribution in [0.1, 0.15) is 31.1 Å². The summed E-state index contributed by atoms with van der Waals surface area (Å²) in [7, 11) is 1.80. The summed E-state index contributed by atoms with van der Waals surface area (Å²) in [5, 5.41) is 8.56. The Morgan fingerprint density at radius 3 is 2.90 bits per heavy atom. The van der Waals surface area contributed by atoms with Crippen molar-refractivity contribution in [3.63, 3.8) is 0 Å². The molecule has 0 fully saturated rings. The molecule has 3 rings (SSSR count). The van der Waals surface area contributed by atoms with Crippen LogP contribution in [0.5, 0.6) is 0 Å². The van der Waals surface area contributed by atoms with E-state index in [1.54, 1.807) is 34.0 Å². The molecule has 0 saturated carbocycles. The second kappa shape index (κ2) is 5.44. The second-order valence-corrected chi connectivity index (χ2v) is 6.04. The zero-order valence-corrected chi connectivity index (χ0v) is 13.2. The van der Waals surface area contributed by atoms with Gasteiger partial charge in [-0.2, -0.15) is 16.4 Å².